The van der Waals surface area contributed by atoms with E-state index in [4.69, 9.17) is 5.73 Å². The molecule has 0 unspecified atom stereocenters. The first kappa shape index (κ1) is 9.08. The van der Waals surface area contributed by atoms with Crippen molar-refractivity contribution in [3.63, 3.8) is 0 Å². The molecule has 0 bridgehead atoms. The minimum Gasteiger partial charge on any atom is -0.383 e. The number of hydrogen-bond acceptors (Lipinski definition) is 5. The molecule has 0 aromatic carbocycles. The zero-order valence-corrected chi connectivity index (χ0v) is 8.68. The highest BCUT2D eigenvalue weighted by molar-refractivity contribution is 7.20. The molecule has 4 nitrogen and oxygen atoms in total. The maximum Gasteiger partial charge on any atom is 0.170 e. The first-order valence-corrected chi connectivity index (χ1v) is 4.93. The minimum atomic E-state index is 0.0462. The molecule has 2 aromatic rings. The van der Waals surface area contributed by atoms with Crippen molar-refractivity contribution in [1.29, 1.82) is 0 Å². The van der Waals surface area contributed by atoms with Gasteiger partial charge in [-0.3, -0.25) is 4.79 Å². The number of hydrogen-bond donors (Lipinski definition) is 1. The Bertz CT molecular complexity index is 518. The van der Waals surface area contributed by atoms with Gasteiger partial charge in [0.15, 0.2) is 5.78 Å². The summed E-state index contributed by atoms with van der Waals surface area (Å²) in [4.78, 5) is 20.7. The van der Waals surface area contributed by atoms with Gasteiger partial charge in [-0.2, -0.15) is 0 Å². The molecule has 0 saturated carbocycles. The highest BCUT2D eigenvalue weighted by atomic mass is 32.1. The second-order valence-corrected chi connectivity index (χ2v) is 4.05. The number of anilines is 1. The van der Waals surface area contributed by atoms with Crippen LogP contribution in [-0.2, 0) is 0 Å². The molecule has 0 amide bonds. The Labute approximate surface area is 84.8 Å². The van der Waals surface area contributed by atoms with Crippen molar-refractivity contribution in [2.75, 3.05) is 5.73 Å². The lowest BCUT2D eigenvalue weighted by Gasteiger charge is -1.95. The molecule has 0 radical (unpaired) electrons. The predicted octanol–water partition coefficient (Wildman–Crippen LogP) is 1.78. The largest absolute Gasteiger partial charge is 0.383 e. The van der Waals surface area contributed by atoms with Gasteiger partial charge < -0.3 is 5.73 Å². The van der Waals surface area contributed by atoms with E-state index < -0.39 is 0 Å². The van der Waals surface area contributed by atoms with Crippen LogP contribution in [0, 0.1) is 6.92 Å². The van der Waals surface area contributed by atoms with Gasteiger partial charge in [-0.1, -0.05) is 0 Å². The number of aromatic nitrogens is 2. The topological polar surface area (TPSA) is 68.9 Å². The molecule has 14 heavy (non-hydrogen) atoms. The highest BCUT2D eigenvalue weighted by Gasteiger charge is 2.14. The highest BCUT2D eigenvalue weighted by Crippen LogP contribution is 2.31. The van der Waals surface area contributed by atoms with Crippen LogP contribution in [0.15, 0.2) is 6.33 Å². The van der Waals surface area contributed by atoms with Gasteiger partial charge in [0.2, 0.25) is 0 Å². The number of Topliss-reactive ketones (excluding diaryl/α,β-unsaturated/α-hetero) is 1. The van der Waals surface area contributed by atoms with Gasteiger partial charge in [0, 0.05) is 0 Å². The van der Waals surface area contributed by atoms with E-state index in [1.807, 2.05) is 6.92 Å². The Morgan fingerprint density at radius 1 is 1.50 bits per heavy atom. The maximum absolute atomic E-state index is 11.3. The molecular formula is C9H9N3OS. The summed E-state index contributed by atoms with van der Waals surface area (Å²) in [6.45, 7) is 3.41. The quantitative estimate of drug-likeness (QED) is 0.724. The van der Waals surface area contributed by atoms with E-state index in [9.17, 15) is 4.79 Å². The average Bonchev–Trinajstić information content (AvgIpc) is 2.45. The smallest absolute Gasteiger partial charge is 0.170 e. The summed E-state index contributed by atoms with van der Waals surface area (Å²) < 4.78 is 0. The second-order valence-electron chi connectivity index (χ2n) is 3.05. The van der Waals surface area contributed by atoms with Crippen molar-refractivity contribution < 1.29 is 4.79 Å². The number of aryl methyl sites for hydroxylation is 1. The van der Waals surface area contributed by atoms with E-state index in [-0.39, 0.29) is 5.78 Å². The number of carbonyl (C=O) groups excluding carboxylic acids is 1. The molecule has 2 heterocycles. The van der Waals surface area contributed by atoms with E-state index in [2.05, 4.69) is 9.97 Å². The lowest BCUT2D eigenvalue weighted by molar-refractivity contribution is 0.102. The van der Waals surface area contributed by atoms with Crippen LogP contribution in [0.1, 0.15) is 22.2 Å². The molecule has 5 heteroatoms. The number of rotatable bonds is 1. The monoisotopic (exact) mass is 207 g/mol. The lowest BCUT2D eigenvalue weighted by Crippen LogP contribution is -1.93. The summed E-state index contributed by atoms with van der Waals surface area (Å²) in [6, 6.07) is 0. The number of ketones is 1. The van der Waals surface area contributed by atoms with Crippen LogP contribution < -0.4 is 5.73 Å². The zero-order chi connectivity index (χ0) is 10.3. The third kappa shape index (κ3) is 1.17. The Hall–Kier alpha value is -1.49. The summed E-state index contributed by atoms with van der Waals surface area (Å²) in [5.74, 6) is 0.487. The summed E-state index contributed by atoms with van der Waals surface area (Å²) >= 11 is 1.37. The number of carbonyl (C=O) groups is 1. The molecule has 2 N–H and O–H groups in total. The second kappa shape index (κ2) is 3.02. The van der Waals surface area contributed by atoms with Gasteiger partial charge in [0.1, 0.15) is 17.0 Å². The van der Waals surface area contributed by atoms with Crippen molar-refractivity contribution in [2.45, 2.75) is 13.8 Å². The first-order chi connectivity index (χ1) is 6.61. The fourth-order valence-corrected chi connectivity index (χ4v) is 2.49. The Kier molecular flexibility index (Phi) is 1.96. The molecule has 0 aliphatic carbocycles. The van der Waals surface area contributed by atoms with E-state index >= 15 is 0 Å². The van der Waals surface area contributed by atoms with Crippen LogP contribution in [0.5, 0.6) is 0 Å². The number of nitrogens with zero attached hydrogens (tertiary/aromatic N) is 2. The summed E-state index contributed by atoms with van der Waals surface area (Å²) in [5, 5.41) is 0.808. The normalized spacial score (nSPS) is 10.7. The standard InChI is InChI=1S/C9H9N3OS/c1-4-6-8(10)11-3-12-9(6)14-7(4)5(2)13/h3H,1-2H3,(H2,10,11,12). The predicted molar refractivity (Wildman–Crippen MR) is 56.6 cm³/mol. The summed E-state index contributed by atoms with van der Waals surface area (Å²) in [7, 11) is 0. The summed E-state index contributed by atoms with van der Waals surface area (Å²) in [6.07, 6.45) is 1.41. The molecule has 0 aliphatic rings. The SMILES string of the molecule is CC(=O)c1sc2ncnc(N)c2c1C. The van der Waals surface area contributed by atoms with Crippen molar-refractivity contribution in [3.8, 4) is 0 Å². The van der Waals surface area contributed by atoms with Crippen LogP contribution in [0.2, 0.25) is 0 Å². The van der Waals surface area contributed by atoms with Crippen LogP contribution >= 0.6 is 11.3 Å². The van der Waals surface area contributed by atoms with E-state index in [1.165, 1.54) is 17.7 Å². The van der Waals surface area contributed by atoms with Crippen molar-refractivity contribution in [3.05, 3.63) is 16.8 Å². The van der Waals surface area contributed by atoms with Crippen molar-refractivity contribution in [1.82, 2.24) is 9.97 Å². The van der Waals surface area contributed by atoms with Crippen LogP contribution in [0.3, 0.4) is 0 Å². The maximum atomic E-state index is 11.3. The van der Waals surface area contributed by atoms with E-state index in [1.54, 1.807) is 6.92 Å². The van der Waals surface area contributed by atoms with E-state index in [0.29, 0.717) is 10.7 Å². The lowest BCUT2D eigenvalue weighted by atomic mass is 10.2. The minimum absolute atomic E-state index is 0.0462. The fourth-order valence-electron chi connectivity index (χ4n) is 1.43. The van der Waals surface area contributed by atoms with Gasteiger partial charge in [0.25, 0.3) is 0 Å². The van der Waals surface area contributed by atoms with E-state index in [0.717, 1.165) is 15.8 Å². The summed E-state index contributed by atoms with van der Waals surface area (Å²) in [5.41, 5.74) is 6.60. The first-order valence-electron chi connectivity index (χ1n) is 4.11. The molecule has 0 fully saturated rings. The third-order valence-electron chi connectivity index (χ3n) is 2.08. The average molecular weight is 207 g/mol. The van der Waals surface area contributed by atoms with Crippen molar-refractivity contribution >= 4 is 33.2 Å². The fraction of sp³-hybridized carbons (Fsp3) is 0.222. The Balaban J connectivity index is 2.87. The van der Waals surface area contributed by atoms with Gasteiger partial charge in [0.05, 0.1) is 10.3 Å². The molecule has 2 rings (SSSR count). The molecule has 72 valence electrons. The van der Waals surface area contributed by atoms with Crippen molar-refractivity contribution in [2.24, 2.45) is 0 Å². The molecule has 2 aromatic heterocycles. The Morgan fingerprint density at radius 3 is 2.79 bits per heavy atom. The van der Waals surface area contributed by atoms with Crippen LogP contribution in [-0.4, -0.2) is 15.8 Å². The number of nitrogens with two attached hydrogens (primary N) is 1. The van der Waals surface area contributed by atoms with Gasteiger partial charge >= 0.3 is 0 Å². The molecule has 0 aliphatic heterocycles. The number of thiophene rings is 1. The molecule has 0 spiro atoms. The molecular weight excluding hydrogens is 198 g/mol. The van der Waals surface area contributed by atoms with Crippen LogP contribution in [0.25, 0.3) is 10.2 Å². The van der Waals surface area contributed by atoms with Crippen LogP contribution in [0.4, 0.5) is 5.82 Å². The number of fused-ring (bicyclic) bond motifs is 1. The third-order valence-corrected chi connectivity index (χ3v) is 3.38. The number of nitrogen functional groups attached to an aromatic ring is 1. The zero-order valence-electron chi connectivity index (χ0n) is 7.87. The molecule has 0 saturated heterocycles. The van der Waals surface area contributed by atoms with Gasteiger partial charge in [-0.15, -0.1) is 11.3 Å². The molecule has 0 atom stereocenters. The Morgan fingerprint density at radius 2 is 2.21 bits per heavy atom. The van der Waals surface area contributed by atoms with Gasteiger partial charge in [-0.25, -0.2) is 9.97 Å². The van der Waals surface area contributed by atoms with Gasteiger partial charge in [-0.05, 0) is 19.4 Å².